The van der Waals surface area contributed by atoms with Gasteiger partial charge in [-0.2, -0.15) is 12.7 Å². The molecule has 0 saturated heterocycles. The summed E-state index contributed by atoms with van der Waals surface area (Å²) in [5.74, 6) is -0.939. The van der Waals surface area contributed by atoms with Gasteiger partial charge in [-0.3, -0.25) is 9.52 Å². The van der Waals surface area contributed by atoms with Crippen molar-refractivity contribution in [2.24, 2.45) is 20.0 Å². The number of nitrogens with zero attached hydrogens (tertiary/aromatic N) is 6. The number of aryl methyl sites for hydroxylation is 2. The number of para-hydroxylation sites is 1. The highest BCUT2D eigenvalue weighted by Gasteiger charge is 2.37. The van der Waals surface area contributed by atoms with Crippen LogP contribution in [-0.4, -0.2) is 95.0 Å². The Kier molecular flexibility index (Phi) is 8.26. The van der Waals surface area contributed by atoms with Crippen LogP contribution in [0.4, 0.5) is 5.69 Å². The number of anilines is 1. The Labute approximate surface area is 233 Å². The number of likely N-dealkylation sites (N-methyl/N-ethyl adjacent to an activating group) is 1. The minimum Gasteiger partial charge on any atom is -0.486 e. The molecule has 1 aliphatic rings. The van der Waals surface area contributed by atoms with Crippen molar-refractivity contribution in [1.29, 1.82) is 0 Å². The van der Waals surface area contributed by atoms with E-state index >= 15 is 0 Å². The molecule has 0 unspecified atom stereocenters. The number of sulfonamides is 2. The molecule has 4 rings (SSSR count). The maximum atomic E-state index is 13.6. The lowest BCUT2D eigenvalue weighted by Gasteiger charge is -2.38. The number of fused-ring (bicyclic) bond motifs is 1. The highest BCUT2D eigenvalue weighted by atomic mass is 32.2. The van der Waals surface area contributed by atoms with Crippen molar-refractivity contribution >= 4 is 31.6 Å². The maximum absolute atomic E-state index is 13.6. The number of aliphatic hydroxyl groups excluding tert-OH is 1. The van der Waals surface area contributed by atoms with E-state index in [2.05, 4.69) is 14.7 Å². The van der Waals surface area contributed by atoms with Crippen molar-refractivity contribution in [3.05, 3.63) is 48.8 Å². The predicted octanol–water partition coefficient (Wildman–Crippen LogP) is 0.495. The summed E-state index contributed by atoms with van der Waals surface area (Å²) >= 11 is 0. The number of aromatic nitrogens is 4. The minimum atomic E-state index is -4.15. The van der Waals surface area contributed by atoms with Crippen LogP contribution in [0.3, 0.4) is 0 Å². The molecule has 1 aliphatic heterocycles. The van der Waals surface area contributed by atoms with Gasteiger partial charge in [0.2, 0.25) is 0 Å². The normalized spacial score (nSPS) is 19.1. The average molecular weight is 596 g/mol. The summed E-state index contributed by atoms with van der Waals surface area (Å²) in [7, 11) is -3.45. The van der Waals surface area contributed by atoms with Gasteiger partial charge < -0.3 is 23.9 Å². The van der Waals surface area contributed by atoms with Crippen molar-refractivity contribution in [3.8, 4) is 5.75 Å². The van der Waals surface area contributed by atoms with Gasteiger partial charge in [-0.25, -0.2) is 18.4 Å². The molecule has 0 radical (unpaired) electrons. The van der Waals surface area contributed by atoms with Crippen LogP contribution in [0.25, 0.3) is 0 Å². The van der Waals surface area contributed by atoms with Crippen LogP contribution in [0.5, 0.6) is 5.75 Å². The van der Waals surface area contributed by atoms with Crippen LogP contribution in [0, 0.1) is 5.92 Å². The highest BCUT2D eigenvalue weighted by molar-refractivity contribution is 7.92. The number of nitrogens with one attached hydrogen (secondary N) is 1. The second kappa shape index (κ2) is 11.2. The Bertz CT molecular complexity index is 1600. The van der Waals surface area contributed by atoms with E-state index < -0.39 is 44.0 Å². The van der Waals surface area contributed by atoms with Gasteiger partial charge in [-0.15, -0.1) is 0 Å². The summed E-state index contributed by atoms with van der Waals surface area (Å²) < 4.78 is 65.5. The summed E-state index contributed by atoms with van der Waals surface area (Å²) in [6.45, 7) is 3.21. The number of rotatable bonds is 9. The first-order valence-corrected chi connectivity index (χ1v) is 15.3. The number of carbonyl (C=O) groups excluding carboxylic acids is 1. The van der Waals surface area contributed by atoms with E-state index in [1.807, 2.05) is 0 Å². The molecule has 40 heavy (non-hydrogen) atoms. The summed E-state index contributed by atoms with van der Waals surface area (Å²) in [5.41, 5.74) is 0.0519. The van der Waals surface area contributed by atoms with E-state index in [-0.39, 0.29) is 46.7 Å². The first-order valence-electron chi connectivity index (χ1n) is 12.4. The van der Waals surface area contributed by atoms with E-state index in [9.17, 15) is 26.7 Å². The monoisotopic (exact) mass is 595 g/mol. The molecule has 0 fully saturated rings. The van der Waals surface area contributed by atoms with Gasteiger partial charge in [0.15, 0.2) is 15.8 Å². The number of hydrogen-bond donors (Lipinski definition) is 2. The summed E-state index contributed by atoms with van der Waals surface area (Å²) in [6, 6.07) is 3.89. The fraction of sp³-hybridized carbons (Fsp3) is 0.458. The van der Waals surface area contributed by atoms with Crippen molar-refractivity contribution in [3.63, 3.8) is 0 Å². The fourth-order valence-corrected chi connectivity index (χ4v) is 6.49. The molecule has 2 aromatic heterocycles. The molecule has 3 aromatic rings. The summed E-state index contributed by atoms with van der Waals surface area (Å²) in [4.78, 5) is 23.0. The Hall–Kier alpha value is -3.47. The third kappa shape index (κ3) is 5.84. The van der Waals surface area contributed by atoms with Crippen molar-refractivity contribution in [1.82, 2.24) is 28.3 Å². The maximum Gasteiger partial charge on any atom is 0.281 e. The number of benzene rings is 1. The minimum absolute atomic E-state index is 0.0116. The largest absolute Gasteiger partial charge is 0.486 e. The number of imidazole rings is 2. The molecular weight excluding hydrogens is 562 g/mol. The van der Waals surface area contributed by atoms with Gasteiger partial charge in [0.05, 0.1) is 43.1 Å². The second-order valence-corrected chi connectivity index (χ2v) is 13.6. The van der Waals surface area contributed by atoms with E-state index in [1.54, 1.807) is 27.9 Å². The number of carbonyl (C=O) groups is 1. The predicted molar refractivity (Wildman–Crippen MR) is 145 cm³/mol. The van der Waals surface area contributed by atoms with Gasteiger partial charge in [-0.05, 0) is 19.1 Å². The van der Waals surface area contributed by atoms with Gasteiger partial charge in [-0.1, -0.05) is 13.0 Å². The third-order valence-electron chi connectivity index (χ3n) is 6.68. The lowest BCUT2D eigenvalue weighted by molar-refractivity contribution is 0.0389. The van der Waals surface area contributed by atoms with Crippen LogP contribution in [0.15, 0.2) is 53.3 Å². The Morgan fingerprint density at radius 3 is 2.33 bits per heavy atom. The lowest BCUT2D eigenvalue weighted by atomic mass is 9.99. The summed E-state index contributed by atoms with van der Waals surface area (Å²) in [6.07, 6.45) is 4.62. The van der Waals surface area contributed by atoms with Crippen LogP contribution in [-0.2, 0) is 34.1 Å². The molecule has 2 N–H and O–H groups in total. The molecule has 0 saturated carbocycles. The van der Waals surface area contributed by atoms with Crippen LogP contribution < -0.4 is 9.46 Å². The Morgan fingerprint density at radius 1 is 1.12 bits per heavy atom. The number of amides is 1. The molecule has 0 spiro atoms. The fourth-order valence-electron chi connectivity index (χ4n) is 4.30. The molecule has 0 bridgehead atoms. The topological polar surface area (TPSA) is 169 Å². The smallest absolute Gasteiger partial charge is 0.281 e. The zero-order chi connectivity index (χ0) is 29.4. The highest BCUT2D eigenvalue weighted by Crippen LogP contribution is 2.36. The number of ether oxygens (including phenoxy) is 1. The van der Waals surface area contributed by atoms with Crippen molar-refractivity contribution in [2.45, 2.75) is 36.0 Å². The SMILES string of the molecule is C[C@H]1CN([C@@H](C)CO)C(=O)c2cccc(NS(=O)(=O)c3cn(C)cn3)c2O[C@@H]1CN(C)S(=O)(=O)c1cn(C)cn1. The molecule has 218 valence electrons. The Morgan fingerprint density at radius 2 is 1.75 bits per heavy atom. The standard InChI is InChI=1S/C24H33N7O7S2/c1-16-9-31(17(2)13-32)24(33)18-7-6-8-19(27-39(34,35)21-11-28(3)14-25-21)23(18)38-20(16)10-30(5)40(36,37)22-12-29(4)15-26-22/h6-8,11-12,14-17,20,27,32H,9-10,13H2,1-5H3/t16-,17-,20+/m0/s1. The van der Waals surface area contributed by atoms with Crippen molar-refractivity contribution < 1.29 is 31.5 Å². The van der Waals surface area contributed by atoms with Crippen LogP contribution >= 0.6 is 0 Å². The van der Waals surface area contributed by atoms with Gasteiger partial charge in [0.1, 0.15) is 6.10 Å². The van der Waals surface area contributed by atoms with E-state index in [1.165, 1.54) is 64.3 Å². The molecule has 16 heteroatoms. The van der Waals surface area contributed by atoms with Crippen molar-refractivity contribution in [2.75, 3.05) is 31.5 Å². The lowest BCUT2D eigenvalue weighted by Crippen LogP contribution is -2.50. The third-order valence-corrected chi connectivity index (χ3v) is 9.64. The first-order chi connectivity index (χ1) is 18.7. The molecule has 3 atom stereocenters. The zero-order valence-corrected chi connectivity index (χ0v) is 24.4. The van der Waals surface area contributed by atoms with E-state index in [0.29, 0.717) is 0 Å². The van der Waals surface area contributed by atoms with Gasteiger partial charge in [0, 0.05) is 46.0 Å². The van der Waals surface area contributed by atoms with Crippen LogP contribution in [0.1, 0.15) is 24.2 Å². The molecule has 3 heterocycles. The summed E-state index contributed by atoms with van der Waals surface area (Å²) in [5, 5.41) is 9.50. The molecule has 0 aliphatic carbocycles. The van der Waals surface area contributed by atoms with E-state index in [0.717, 1.165) is 4.31 Å². The zero-order valence-electron chi connectivity index (χ0n) is 22.8. The quantitative estimate of drug-likeness (QED) is 0.358. The number of hydrogen-bond acceptors (Lipinski definition) is 9. The second-order valence-electron chi connectivity index (χ2n) is 9.95. The van der Waals surface area contributed by atoms with Crippen LogP contribution in [0.2, 0.25) is 0 Å². The molecule has 1 aromatic carbocycles. The average Bonchev–Trinajstić information content (AvgIpc) is 3.54. The molecule has 1 amide bonds. The van der Waals surface area contributed by atoms with E-state index in [4.69, 9.17) is 4.74 Å². The molecule has 14 nitrogen and oxygen atoms in total. The van der Waals surface area contributed by atoms with Gasteiger partial charge in [0.25, 0.3) is 26.0 Å². The number of aliphatic hydroxyl groups is 1. The Balaban J connectivity index is 1.76. The first kappa shape index (κ1) is 29.5. The van der Waals surface area contributed by atoms with Gasteiger partial charge >= 0.3 is 0 Å². The molecular formula is C24H33N7O7S2.